The molecule has 3 aliphatic heterocycles. The van der Waals surface area contributed by atoms with Gasteiger partial charge in [-0.1, -0.05) is 12.8 Å². The highest BCUT2D eigenvalue weighted by atomic mass is 16.5. The number of carboxylic acids is 1. The van der Waals surface area contributed by atoms with Gasteiger partial charge in [-0.2, -0.15) is 0 Å². The summed E-state index contributed by atoms with van der Waals surface area (Å²) in [5.41, 5.74) is 5.81. The molecule has 12 heteroatoms. The summed E-state index contributed by atoms with van der Waals surface area (Å²) in [6, 6.07) is 0.0497. The first-order valence-electron chi connectivity index (χ1n) is 20.8. The number of piperidine rings is 2. The number of aliphatic hydroxyl groups is 3. The third-order valence-corrected chi connectivity index (χ3v) is 14.7. The summed E-state index contributed by atoms with van der Waals surface area (Å²) in [5, 5.41) is 50.6. The van der Waals surface area contributed by atoms with E-state index in [0.29, 0.717) is 44.1 Å². The molecule has 0 radical (unpaired) electrons. The normalized spacial score (nSPS) is 45.6. The minimum atomic E-state index is -0.821. The Morgan fingerprint density at radius 3 is 2.37 bits per heavy atom. The molecule has 6 rings (SSSR count). The SMILES string of the molecule is COC1CC(CC[C@H]2C[C@H](O)C[C@H](C3CC(OC)C(O)C(OC[C@H]4N[C@H](C)CC5(CCCC5)[C@@]4(CC(=O)O)CC4CCNC(N)C4)C3)O2)CCC1O. The second kappa shape index (κ2) is 17.9. The smallest absolute Gasteiger partial charge is 0.303 e. The zero-order valence-corrected chi connectivity index (χ0v) is 32.1. The number of aliphatic hydroxyl groups excluding tert-OH is 3. The number of hydrogen-bond acceptors (Lipinski definition) is 11. The van der Waals surface area contributed by atoms with Crippen LogP contribution in [0.15, 0.2) is 0 Å². The third-order valence-electron chi connectivity index (χ3n) is 14.7. The van der Waals surface area contributed by atoms with Crippen LogP contribution in [0.2, 0.25) is 0 Å². The maximum absolute atomic E-state index is 12.8. The summed E-state index contributed by atoms with van der Waals surface area (Å²) in [6.07, 6.45) is 11.8. The van der Waals surface area contributed by atoms with Gasteiger partial charge < -0.3 is 55.7 Å². The Bertz CT molecular complexity index is 1140. The van der Waals surface area contributed by atoms with Gasteiger partial charge in [0.1, 0.15) is 6.10 Å². The van der Waals surface area contributed by atoms with E-state index < -0.39 is 41.9 Å². The molecule has 0 amide bonds. The van der Waals surface area contributed by atoms with Gasteiger partial charge >= 0.3 is 5.97 Å². The van der Waals surface area contributed by atoms with Crippen LogP contribution >= 0.6 is 0 Å². The summed E-state index contributed by atoms with van der Waals surface area (Å²) >= 11 is 0. The number of ether oxygens (including phenoxy) is 4. The van der Waals surface area contributed by atoms with Crippen LogP contribution in [0.4, 0.5) is 0 Å². The highest BCUT2D eigenvalue weighted by Crippen LogP contribution is 2.63. The van der Waals surface area contributed by atoms with Gasteiger partial charge in [0.05, 0.1) is 61.9 Å². The Kier molecular flexibility index (Phi) is 14.0. The van der Waals surface area contributed by atoms with E-state index in [-0.39, 0.29) is 54.3 Å². The molecule has 3 saturated carbocycles. The number of nitrogens with two attached hydrogens (primary N) is 1. The van der Waals surface area contributed by atoms with E-state index in [1.165, 1.54) is 0 Å². The van der Waals surface area contributed by atoms with Crippen LogP contribution in [-0.2, 0) is 23.7 Å². The second-order valence-corrected chi connectivity index (χ2v) is 18.1. The van der Waals surface area contributed by atoms with Gasteiger partial charge in [0, 0.05) is 31.7 Å². The van der Waals surface area contributed by atoms with Crippen molar-refractivity contribution in [2.75, 3.05) is 27.4 Å². The Labute approximate surface area is 311 Å². The molecule has 1 spiro atoms. The molecule has 15 atom stereocenters. The van der Waals surface area contributed by atoms with Crippen molar-refractivity contribution in [2.45, 2.75) is 190 Å². The van der Waals surface area contributed by atoms with Crippen LogP contribution < -0.4 is 16.4 Å². The summed E-state index contributed by atoms with van der Waals surface area (Å²) in [4.78, 5) is 12.8. The summed E-state index contributed by atoms with van der Waals surface area (Å²) in [6.45, 7) is 3.38. The van der Waals surface area contributed by atoms with Crippen molar-refractivity contribution < 1.29 is 44.2 Å². The molecule has 8 N–H and O–H groups in total. The van der Waals surface area contributed by atoms with Crippen molar-refractivity contribution >= 4 is 5.97 Å². The average molecular weight is 738 g/mol. The maximum Gasteiger partial charge on any atom is 0.303 e. The number of aliphatic carboxylic acids is 1. The number of carbonyl (C=O) groups is 1. The van der Waals surface area contributed by atoms with Gasteiger partial charge in [-0.15, -0.1) is 0 Å². The van der Waals surface area contributed by atoms with E-state index in [0.717, 1.165) is 90.0 Å². The third kappa shape index (κ3) is 9.19. The van der Waals surface area contributed by atoms with Gasteiger partial charge in [0.15, 0.2) is 0 Å². The minimum Gasteiger partial charge on any atom is -0.481 e. The molecule has 0 bridgehead atoms. The van der Waals surface area contributed by atoms with Crippen LogP contribution in [0.5, 0.6) is 0 Å². The van der Waals surface area contributed by atoms with E-state index in [9.17, 15) is 25.2 Å². The van der Waals surface area contributed by atoms with Crippen molar-refractivity contribution in [3.05, 3.63) is 0 Å². The minimum absolute atomic E-state index is 0.0397. The summed E-state index contributed by atoms with van der Waals surface area (Å²) in [7, 11) is 3.31. The molecule has 3 heterocycles. The fourth-order valence-electron chi connectivity index (χ4n) is 12.2. The van der Waals surface area contributed by atoms with E-state index >= 15 is 0 Å². The van der Waals surface area contributed by atoms with Crippen LogP contribution in [0.1, 0.15) is 122 Å². The first-order valence-corrected chi connectivity index (χ1v) is 20.8. The van der Waals surface area contributed by atoms with Gasteiger partial charge in [-0.3, -0.25) is 4.79 Å². The number of nitrogens with one attached hydrogen (secondary N) is 2. The molecule has 0 aromatic carbocycles. The largest absolute Gasteiger partial charge is 0.481 e. The molecule has 300 valence electrons. The predicted molar refractivity (Wildman–Crippen MR) is 196 cm³/mol. The molecule has 6 fully saturated rings. The zero-order chi connectivity index (χ0) is 37.0. The van der Waals surface area contributed by atoms with Crippen LogP contribution in [0, 0.1) is 28.6 Å². The Balaban J connectivity index is 1.16. The molecule has 3 saturated heterocycles. The van der Waals surface area contributed by atoms with Crippen LogP contribution in [0.3, 0.4) is 0 Å². The Morgan fingerprint density at radius 1 is 0.904 bits per heavy atom. The lowest BCUT2D eigenvalue weighted by Crippen LogP contribution is -2.66. The molecule has 0 aromatic rings. The second-order valence-electron chi connectivity index (χ2n) is 18.1. The van der Waals surface area contributed by atoms with Crippen molar-refractivity contribution in [1.82, 2.24) is 10.6 Å². The van der Waals surface area contributed by atoms with Crippen molar-refractivity contribution in [3.63, 3.8) is 0 Å². The Morgan fingerprint density at radius 2 is 1.65 bits per heavy atom. The molecule has 6 aliphatic rings. The van der Waals surface area contributed by atoms with Gasteiger partial charge in [0.25, 0.3) is 0 Å². The zero-order valence-electron chi connectivity index (χ0n) is 32.1. The van der Waals surface area contributed by atoms with Crippen molar-refractivity contribution in [1.29, 1.82) is 0 Å². The first-order chi connectivity index (χ1) is 24.9. The fraction of sp³-hybridized carbons (Fsp3) is 0.975. The number of hydrogen-bond donors (Lipinski definition) is 7. The van der Waals surface area contributed by atoms with Gasteiger partial charge in [-0.25, -0.2) is 0 Å². The predicted octanol–water partition coefficient (Wildman–Crippen LogP) is 3.47. The topological polar surface area (TPSA) is 185 Å². The molecule has 12 nitrogen and oxygen atoms in total. The summed E-state index contributed by atoms with van der Waals surface area (Å²) in [5.74, 6) is 0.0829. The summed E-state index contributed by atoms with van der Waals surface area (Å²) < 4.78 is 25.0. The van der Waals surface area contributed by atoms with E-state index in [1.54, 1.807) is 14.2 Å². The first kappa shape index (κ1) is 40.7. The lowest BCUT2D eigenvalue weighted by molar-refractivity contribution is -0.186. The maximum atomic E-state index is 12.8. The average Bonchev–Trinajstić information content (AvgIpc) is 3.58. The quantitative estimate of drug-likeness (QED) is 0.146. The Hall–Kier alpha value is -0.930. The lowest BCUT2D eigenvalue weighted by Gasteiger charge is -2.60. The molecular formula is C40H71N3O9. The molecule has 9 unspecified atom stereocenters. The lowest BCUT2D eigenvalue weighted by atomic mass is 9.50. The fourth-order valence-corrected chi connectivity index (χ4v) is 12.2. The number of methoxy groups -OCH3 is 2. The number of carboxylic acid groups (broad SMARTS) is 1. The molecular weight excluding hydrogens is 666 g/mol. The highest BCUT2D eigenvalue weighted by molar-refractivity contribution is 5.68. The van der Waals surface area contributed by atoms with Gasteiger partial charge in [-0.05, 0) is 133 Å². The highest BCUT2D eigenvalue weighted by Gasteiger charge is 2.61. The standard InChI is InChI=1S/C40H71N3O9/c1-24-20-39(11-4-5-12-39)40(22-37(46)47,21-26-10-13-42-36(41)15-26)35(43-24)23-51-34-17-27(16-33(50-3)38(34)48)31-19-28(44)18-29(52-31)8-6-25-7-9-30(45)32(14-25)49-2/h24-36,38,42-45,48H,4-23,41H2,1-3H3,(H,46,47)/t24-,25?,26?,27?,28+,29+,30?,31-,32?,33?,34?,35-,36?,38?,40-/m1/s1. The van der Waals surface area contributed by atoms with E-state index in [1.807, 2.05) is 0 Å². The monoisotopic (exact) mass is 738 g/mol. The van der Waals surface area contributed by atoms with Crippen molar-refractivity contribution in [2.24, 2.45) is 34.3 Å². The van der Waals surface area contributed by atoms with Crippen LogP contribution in [0.25, 0.3) is 0 Å². The molecule has 52 heavy (non-hydrogen) atoms. The van der Waals surface area contributed by atoms with E-state index in [2.05, 4.69) is 17.6 Å². The molecule has 3 aliphatic carbocycles. The van der Waals surface area contributed by atoms with Crippen LogP contribution in [-0.4, -0.2) is 121 Å². The van der Waals surface area contributed by atoms with Gasteiger partial charge in [0.2, 0.25) is 0 Å². The molecule has 0 aromatic heterocycles. The van der Waals surface area contributed by atoms with Crippen molar-refractivity contribution in [3.8, 4) is 0 Å². The van der Waals surface area contributed by atoms with E-state index in [4.69, 9.17) is 24.7 Å². The number of rotatable bonds is 13.